The Kier molecular flexibility index (Phi) is 6.84. The first-order valence-electron chi connectivity index (χ1n) is 6.61. The highest BCUT2D eigenvalue weighted by atomic mass is 16.5. The molecule has 1 unspecified atom stereocenters. The number of benzene rings is 1. The van der Waals surface area contributed by atoms with Crippen molar-refractivity contribution in [2.45, 2.75) is 32.7 Å². The average Bonchev–Trinajstić information content (AvgIpc) is 2.46. The number of methoxy groups -OCH3 is 2. The molecule has 0 fully saturated rings. The van der Waals surface area contributed by atoms with Gasteiger partial charge >= 0.3 is 0 Å². The number of rotatable bonds is 7. The topological polar surface area (TPSA) is 30.5 Å². The number of nitrogens with one attached hydrogen (secondary N) is 1. The molecule has 1 rings (SSSR count). The molecule has 3 heteroatoms. The van der Waals surface area contributed by atoms with E-state index < -0.39 is 0 Å². The van der Waals surface area contributed by atoms with Gasteiger partial charge in [0.2, 0.25) is 0 Å². The van der Waals surface area contributed by atoms with Gasteiger partial charge in [-0.3, -0.25) is 0 Å². The lowest BCUT2D eigenvalue weighted by Gasteiger charge is -2.20. The summed E-state index contributed by atoms with van der Waals surface area (Å²) in [5.74, 6) is 7.71. The van der Waals surface area contributed by atoms with Crippen molar-refractivity contribution < 1.29 is 9.47 Å². The Hall–Kier alpha value is -1.66. The molecular formula is C16H23NO2. The summed E-state index contributed by atoms with van der Waals surface area (Å²) in [7, 11) is 3.35. The Balaban J connectivity index is 2.95. The van der Waals surface area contributed by atoms with E-state index in [4.69, 9.17) is 9.47 Å². The van der Waals surface area contributed by atoms with Crippen LogP contribution in [0.3, 0.4) is 0 Å². The van der Waals surface area contributed by atoms with Crippen LogP contribution in [0.25, 0.3) is 0 Å². The van der Waals surface area contributed by atoms with Crippen LogP contribution in [0.5, 0.6) is 11.5 Å². The van der Waals surface area contributed by atoms with Gasteiger partial charge in [-0.05, 0) is 26.0 Å². The fraction of sp³-hybridized carbons (Fsp3) is 0.500. The third kappa shape index (κ3) is 4.50. The summed E-state index contributed by atoms with van der Waals surface area (Å²) < 4.78 is 10.7. The maximum Gasteiger partial charge on any atom is 0.127 e. The fourth-order valence-corrected chi connectivity index (χ4v) is 2.06. The van der Waals surface area contributed by atoms with Crippen LogP contribution >= 0.6 is 0 Å². The zero-order valence-electron chi connectivity index (χ0n) is 12.2. The molecule has 3 nitrogen and oxygen atoms in total. The number of hydrogen-bond acceptors (Lipinski definition) is 3. The van der Waals surface area contributed by atoms with Gasteiger partial charge < -0.3 is 14.8 Å². The van der Waals surface area contributed by atoms with Gasteiger partial charge in [-0.1, -0.05) is 13.0 Å². The second-order valence-electron chi connectivity index (χ2n) is 4.18. The van der Waals surface area contributed by atoms with Crippen LogP contribution in [-0.2, 0) is 0 Å². The van der Waals surface area contributed by atoms with Crippen molar-refractivity contribution in [3.8, 4) is 23.3 Å². The number of ether oxygens (including phenoxy) is 2. The molecule has 19 heavy (non-hydrogen) atoms. The van der Waals surface area contributed by atoms with Crippen LogP contribution < -0.4 is 14.8 Å². The van der Waals surface area contributed by atoms with Gasteiger partial charge in [-0.2, -0.15) is 0 Å². The molecular weight excluding hydrogens is 238 g/mol. The molecule has 0 aliphatic heterocycles. The molecule has 0 spiro atoms. The molecule has 1 N–H and O–H groups in total. The van der Waals surface area contributed by atoms with Gasteiger partial charge in [0.05, 0.1) is 14.2 Å². The first kappa shape index (κ1) is 15.4. The second-order valence-corrected chi connectivity index (χ2v) is 4.18. The largest absolute Gasteiger partial charge is 0.497 e. The first-order valence-corrected chi connectivity index (χ1v) is 6.61. The smallest absolute Gasteiger partial charge is 0.127 e. The summed E-state index contributed by atoms with van der Waals surface area (Å²) in [5, 5.41) is 3.48. The number of hydrogen-bond donors (Lipinski definition) is 1. The van der Waals surface area contributed by atoms with Crippen molar-refractivity contribution in [1.82, 2.24) is 5.32 Å². The normalized spacial score (nSPS) is 11.4. The van der Waals surface area contributed by atoms with Gasteiger partial charge in [-0.25, -0.2) is 0 Å². The molecule has 0 saturated heterocycles. The second kappa shape index (κ2) is 8.44. The molecule has 0 heterocycles. The van der Waals surface area contributed by atoms with Crippen LogP contribution in [0.4, 0.5) is 0 Å². The van der Waals surface area contributed by atoms with E-state index >= 15 is 0 Å². The van der Waals surface area contributed by atoms with Gasteiger partial charge in [0.15, 0.2) is 0 Å². The highest BCUT2D eigenvalue weighted by Crippen LogP contribution is 2.31. The molecule has 1 atom stereocenters. The van der Waals surface area contributed by atoms with Crippen LogP contribution in [0.2, 0.25) is 0 Å². The van der Waals surface area contributed by atoms with Crippen LogP contribution in [0, 0.1) is 11.8 Å². The molecule has 104 valence electrons. The molecule has 0 radical (unpaired) electrons. The third-order valence-corrected chi connectivity index (χ3v) is 3.00. The van der Waals surface area contributed by atoms with E-state index in [0.29, 0.717) is 0 Å². The SMILES string of the molecule is CC#CCCC(NCC)c1ccc(OC)cc1OC. The average molecular weight is 261 g/mol. The third-order valence-electron chi connectivity index (χ3n) is 3.00. The first-order chi connectivity index (χ1) is 9.26. The maximum atomic E-state index is 5.47. The lowest BCUT2D eigenvalue weighted by molar-refractivity contribution is 0.382. The molecule has 1 aromatic carbocycles. The summed E-state index contributed by atoms with van der Waals surface area (Å²) in [5.41, 5.74) is 1.16. The van der Waals surface area contributed by atoms with E-state index in [-0.39, 0.29) is 6.04 Å². The fourth-order valence-electron chi connectivity index (χ4n) is 2.06. The molecule has 0 aliphatic carbocycles. The van der Waals surface area contributed by atoms with E-state index in [0.717, 1.165) is 36.4 Å². The van der Waals surface area contributed by atoms with E-state index in [1.807, 2.05) is 19.1 Å². The molecule has 1 aromatic rings. The molecule has 0 aromatic heterocycles. The van der Waals surface area contributed by atoms with Crippen LogP contribution in [0.1, 0.15) is 38.3 Å². The monoisotopic (exact) mass is 261 g/mol. The highest BCUT2D eigenvalue weighted by molar-refractivity contribution is 5.42. The van der Waals surface area contributed by atoms with Gasteiger partial charge in [0.25, 0.3) is 0 Å². The minimum Gasteiger partial charge on any atom is -0.497 e. The lowest BCUT2D eigenvalue weighted by atomic mass is 10.0. The Morgan fingerprint density at radius 3 is 2.63 bits per heavy atom. The lowest BCUT2D eigenvalue weighted by Crippen LogP contribution is -2.21. The predicted molar refractivity (Wildman–Crippen MR) is 78.6 cm³/mol. The standard InChI is InChI=1S/C16H23NO2/c1-5-7-8-9-15(17-6-2)14-11-10-13(18-3)12-16(14)19-4/h10-12,15,17H,6,8-9H2,1-4H3. The highest BCUT2D eigenvalue weighted by Gasteiger charge is 2.15. The van der Waals surface area contributed by atoms with Gasteiger partial charge in [-0.15, -0.1) is 11.8 Å². The van der Waals surface area contributed by atoms with Crippen LogP contribution in [0.15, 0.2) is 18.2 Å². The van der Waals surface area contributed by atoms with Crippen molar-refractivity contribution in [1.29, 1.82) is 0 Å². The maximum absolute atomic E-state index is 5.47. The van der Waals surface area contributed by atoms with E-state index in [1.54, 1.807) is 14.2 Å². The summed E-state index contributed by atoms with van der Waals surface area (Å²) in [6.07, 6.45) is 1.85. The summed E-state index contributed by atoms with van der Waals surface area (Å²) in [6, 6.07) is 6.20. The van der Waals surface area contributed by atoms with E-state index in [2.05, 4.69) is 30.1 Å². The Morgan fingerprint density at radius 2 is 2.05 bits per heavy atom. The Morgan fingerprint density at radius 1 is 1.26 bits per heavy atom. The van der Waals surface area contributed by atoms with Gasteiger partial charge in [0.1, 0.15) is 11.5 Å². The minimum atomic E-state index is 0.256. The summed E-state index contributed by atoms with van der Waals surface area (Å²) >= 11 is 0. The zero-order valence-corrected chi connectivity index (χ0v) is 12.2. The summed E-state index contributed by atoms with van der Waals surface area (Å²) in [4.78, 5) is 0. The zero-order chi connectivity index (χ0) is 14.1. The molecule has 0 amide bonds. The minimum absolute atomic E-state index is 0.256. The van der Waals surface area contributed by atoms with Crippen molar-refractivity contribution in [2.75, 3.05) is 20.8 Å². The Labute approximate surface area is 116 Å². The molecule has 0 aliphatic rings. The van der Waals surface area contributed by atoms with Crippen molar-refractivity contribution in [3.05, 3.63) is 23.8 Å². The molecule has 0 saturated carbocycles. The van der Waals surface area contributed by atoms with E-state index in [1.165, 1.54) is 0 Å². The predicted octanol–water partition coefficient (Wildman–Crippen LogP) is 3.16. The quantitative estimate of drug-likeness (QED) is 0.765. The van der Waals surface area contributed by atoms with Crippen LogP contribution in [-0.4, -0.2) is 20.8 Å². The van der Waals surface area contributed by atoms with Gasteiger partial charge in [0, 0.05) is 24.1 Å². The van der Waals surface area contributed by atoms with Crippen molar-refractivity contribution >= 4 is 0 Å². The van der Waals surface area contributed by atoms with E-state index in [9.17, 15) is 0 Å². The van der Waals surface area contributed by atoms with Crippen molar-refractivity contribution in [3.63, 3.8) is 0 Å². The Bertz CT molecular complexity index is 446. The molecule has 0 bridgehead atoms. The summed E-state index contributed by atoms with van der Waals surface area (Å²) in [6.45, 7) is 4.89. The van der Waals surface area contributed by atoms with Crippen molar-refractivity contribution in [2.24, 2.45) is 0 Å².